The van der Waals surface area contributed by atoms with Gasteiger partial charge in [-0.05, 0) is 39.7 Å². The van der Waals surface area contributed by atoms with Gasteiger partial charge >= 0.3 is 0 Å². The van der Waals surface area contributed by atoms with E-state index in [1.54, 1.807) is 0 Å². The summed E-state index contributed by atoms with van der Waals surface area (Å²) in [7, 11) is 0. The van der Waals surface area contributed by atoms with Crippen molar-refractivity contribution in [3.05, 3.63) is 35.3 Å². The number of fused-ring (bicyclic) bond motifs is 1. The summed E-state index contributed by atoms with van der Waals surface area (Å²) in [5.74, 6) is 1.96. The molecule has 0 saturated carbocycles. The van der Waals surface area contributed by atoms with Crippen molar-refractivity contribution in [2.45, 2.75) is 46.3 Å². The van der Waals surface area contributed by atoms with Crippen LogP contribution in [0.1, 0.15) is 37.2 Å². The molecule has 5 nitrogen and oxygen atoms in total. The third-order valence-electron chi connectivity index (χ3n) is 3.72. The number of hydrogen-bond acceptors (Lipinski definition) is 4. The van der Waals surface area contributed by atoms with E-state index in [2.05, 4.69) is 27.0 Å². The Balaban J connectivity index is 1.78. The molecule has 0 bridgehead atoms. The molecular weight excluding hydrogens is 264 g/mol. The molecule has 0 radical (unpaired) electrons. The average molecular weight is 286 g/mol. The summed E-state index contributed by atoms with van der Waals surface area (Å²) in [5, 5.41) is 7.54. The molecule has 0 aromatic carbocycles. The fourth-order valence-electron chi connectivity index (χ4n) is 2.79. The third-order valence-corrected chi connectivity index (χ3v) is 3.72. The van der Waals surface area contributed by atoms with Gasteiger partial charge in [0.1, 0.15) is 5.75 Å². The van der Waals surface area contributed by atoms with Gasteiger partial charge in [0.2, 0.25) is 0 Å². The molecule has 3 heterocycles. The largest absolute Gasteiger partial charge is 0.491 e. The molecule has 0 fully saturated rings. The molecule has 2 aromatic rings. The van der Waals surface area contributed by atoms with Crippen LogP contribution in [0.2, 0.25) is 0 Å². The highest BCUT2D eigenvalue weighted by Crippen LogP contribution is 2.28. The topological polar surface area (TPSA) is 54.0 Å². The van der Waals surface area contributed by atoms with Gasteiger partial charge in [0, 0.05) is 30.1 Å². The Morgan fingerprint density at radius 2 is 2.29 bits per heavy atom. The Morgan fingerprint density at radius 3 is 3.10 bits per heavy atom. The molecule has 1 aliphatic rings. The Labute approximate surface area is 125 Å². The van der Waals surface area contributed by atoms with Crippen LogP contribution >= 0.6 is 0 Å². The van der Waals surface area contributed by atoms with Crippen molar-refractivity contribution < 1.29 is 4.74 Å². The molecule has 1 aliphatic heterocycles. The van der Waals surface area contributed by atoms with Crippen molar-refractivity contribution in [3.63, 3.8) is 0 Å². The van der Waals surface area contributed by atoms with E-state index in [9.17, 15) is 0 Å². The van der Waals surface area contributed by atoms with Gasteiger partial charge in [-0.2, -0.15) is 5.10 Å². The summed E-state index contributed by atoms with van der Waals surface area (Å²) >= 11 is 0. The average Bonchev–Trinajstić information content (AvgIpc) is 2.82. The summed E-state index contributed by atoms with van der Waals surface area (Å²) in [6, 6.07) is 3.93. The predicted molar refractivity (Wildman–Crippen MR) is 82.7 cm³/mol. The quantitative estimate of drug-likeness (QED) is 0.939. The minimum atomic E-state index is 0.177. The number of anilines is 1. The first-order valence-corrected chi connectivity index (χ1v) is 7.54. The summed E-state index contributed by atoms with van der Waals surface area (Å²) in [6.07, 6.45) is 4.26. The van der Waals surface area contributed by atoms with Crippen molar-refractivity contribution in [2.75, 3.05) is 11.4 Å². The maximum atomic E-state index is 5.74. The maximum absolute atomic E-state index is 5.74. The molecular formula is C16H22N4O. The number of nitrogens with zero attached hydrogens (tertiary/aromatic N) is 3. The van der Waals surface area contributed by atoms with E-state index >= 15 is 0 Å². The smallest absolute Gasteiger partial charge is 0.154 e. The number of aromatic nitrogens is 3. The van der Waals surface area contributed by atoms with Gasteiger partial charge in [-0.1, -0.05) is 0 Å². The van der Waals surface area contributed by atoms with Crippen LogP contribution in [0.4, 0.5) is 5.82 Å². The standard InChI is InChI=1S/C16H22N4O/c1-11(2)21-14-6-7-17-13(9-14)10-20-8-4-5-15-12(3)18-19-16(15)20/h6-7,9,11H,4-5,8,10H2,1-3H3,(H,18,19). The van der Waals surface area contributed by atoms with Gasteiger partial charge in [-0.25, -0.2) is 0 Å². The fourth-order valence-corrected chi connectivity index (χ4v) is 2.79. The summed E-state index contributed by atoms with van der Waals surface area (Å²) in [5.41, 5.74) is 3.54. The van der Waals surface area contributed by atoms with E-state index in [1.165, 1.54) is 11.3 Å². The highest BCUT2D eigenvalue weighted by Gasteiger charge is 2.22. The maximum Gasteiger partial charge on any atom is 0.154 e. The van der Waals surface area contributed by atoms with Crippen molar-refractivity contribution in [3.8, 4) is 5.75 Å². The van der Waals surface area contributed by atoms with E-state index < -0.39 is 0 Å². The fraction of sp³-hybridized carbons (Fsp3) is 0.500. The molecule has 0 spiro atoms. The lowest BCUT2D eigenvalue weighted by Gasteiger charge is -2.27. The van der Waals surface area contributed by atoms with E-state index in [1.807, 2.05) is 32.2 Å². The minimum Gasteiger partial charge on any atom is -0.491 e. The number of pyridine rings is 1. The summed E-state index contributed by atoms with van der Waals surface area (Å²) < 4.78 is 5.74. The number of aryl methyl sites for hydroxylation is 1. The zero-order valence-electron chi connectivity index (χ0n) is 12.9. The van der Waals surface area contributed by atoms with Gasteiger partial charge < -0.3 is 9.64 Å². The second-order valence-electron chi connectivity index (χ2n) is 5.83. The first kappa shape index (κ1) is 13.9. The number of hydrogen-bond donors (Lipinski definition) is 1. The second-order valence-corrected chi connectivity index (χ2v) is 5.83. The van der Waals surface area contributed by atoms with E-state index in [-0.39, 0.29) is 6.10 Å². The van der Waals surface area contributed by atoms with Crippen LogP contribution in [0.5, 0.6) is 5.75 Å². The van der Waals surface area contributed by atoms with Crippen LogP contribution in [0.15, 0.2) is 18.3 Å². The Hall–Kier alpha value is -2.04. The van der Waals surface area contributed by atoms with E-state index in [0.29, 0.717) is 0 Å². The zero-order valence-corrected chi connectivity index (χ0v) is 12.9. The van der Waals surface area contributed by atoms with Crippen LogP contribution in [0.25, 0.3) is 0 Å². The van der Waals surface area contributed by atoms with E-state index in [4.69, 9.17) is 4.74 Å². The third kappa shape index (κ3) is 3.01. The second kappa shape index (κ2) is 5.76. The molecule has 112 valence electrons. The molecule has 0 unspecified atom stereocenters. The number of rotatable bonds is 4. The lowest BCUT2D eigenvalue weighted by Crippen LogP contribution is -2.29. The first-order chi connectivity index (χ1) is 10.1. The lowest BCUT2D eigenvalue weighted by atomic mass is 10.1. The summed E-state index contributed by atoms with van der Waals surface area (Å²) in [4.78, 5) is 6.76. The van der Waals surface area contributed by atoms with Gasteiger partial charge in [0.15, 0.2) is 5.82 Å². The van der Waals surface area contributed by atoms with Crippen molar-refractivity contribution in [1.29, 1.82) is 0 Å². The number of nitrogens with one attached hydrogen (secondary N) is 1. The van der Waals surface area contributed by atoms with Gasteiger partial charge in [-0.15, -0.1) is 0 Å². The molecule has 1 N–H and O–H groups in total. The van der Waals surface area contributed by atoms with Gasteiger partial charge in [0.05, 0.1) is 18.3 Å². The van der Waals surface area contributed by atoms with Crippen LogP contribution in [-0.4, -0.2) is 27.8 Å². The Kier molecular flexibility index (Phi) is 3.82. The Bertz CT molecular complexity index is 620. The van der Waals surface area contributed by atoms with E-state index in [0.717, 1.165) is 43.2 Å². The Morgan fingerprint density at radius 1 is 1.43 bits per heavy atom. The van der Waals surface area contributed by atoms with Crippen molar-refractivity contribution >= 4 is 5.82 Å². The molecule has 21 heavy (non-hydrogen) atoms. The minimum absolute atomic E-state index is 0.177. The van der Waals surface area contributed by atoms with Crippen LogP contribution in [-0.2, 0) is 13.0 Å². The number of ether oxygens (including phenoxy) is 1. The van der Waals surface area contributed by atoms with Crippen LogP contribution < -0.4 is 9.64 Å². The first-order valence-electron chi connectivity index (χ1n) is 7.54. The van der Waals surface area contributed by atoms with Crippen LogP contribution in [0, 0.1) is 6.92 Å². The van der Waals surface area contributed by atoms with Crippen LogP contribution in [0.3, 0.4) is 0 Å². The monoisotopic (exact) mass is 286 g/mol. The summed E-state index contributed by atoms with van der Waals surface area (Å²) in [6.45, 7) is 7.94. The molecule has 5 heteroatoms. The zero-order chi connectivity index (χ0) is 14.8. The van der Waals surface area contributed by atoms with Crippen molar-refractivity contribution in [1.82, 2.24) is 15.2 Å². The molecule has 3 rings (SSSR count). The molecule has 0 aliphatic carbocycles. The predicted octanol–water partition coefficient (Wildman–Crippen LogP) is 2.85. The number of aromatic amines is 1. The highest BCUT2D eigenvalue weighted by atomic mass is 16.5. The van der Waals surface area contributed by atoms with Gasteiger partial charge in [-0.3, -0.25) is 10.1 Å². The SMILES string of the molecule is Cc1[nH]nc2c1CCCN2Cc1cc(OC(C)C)ccn1. The van der Waals surface area contributed by atoms with Crippen molar-refractivity contribution in [2.24, 2.45) is 0 Å². The number of H-pyrrole nitrogens is 1. The molecule has 0 amide bonds. The molecule has 2 aromatic heterocycles. The lowest BCUT2D eigenvalue weighted by molar-refractivity contribution is 0.242. The molecule has 0 saturated heterocycles. The molecule has 0 atom stereocenters. The highest BCUT2D eigenvalue weighted by molar-refractivity contribution is 5.51. The normalized spacial score (nSPS) is 14.4. The van der Waals surface area contributed by atoms with Gasteiger partial charge in [0.25, 0.3) is 0 Å².